The first-order valence-corrected chi connectivity index (χ1v) is 22.0. The second-order valence-corrected chi connectivity index (χ2v) is 17.6. The average Bonchev–Trinajstić information content (AvgIpc) is 3.89. The Labute approximate surface area is 398 Å². The van der Waals surface area contributed by atoms with Crippen molar-refractivity contribution >= 4 is 55.9 Å². The monoisotopic (exact) mass is 1030 g/mol. The van der Waals surface area contributed by atoms with Gasteiger partial charge in [-0.1, -0.05) is 153 Å². The molecule has 12 rings (SSSR count). The summed E-state index contributed by atoms with van der Waals surface area (Å²) >= 11 is 0. The Balaban J connectivity index is 0.00000481. The Kier molecular flexibility index (Phi) is 10.3. The third-order valence-corrected chi connectivity index (χ3v) is 12.6. The number of benzene rings is 8. The summed E-state index contributed by atoms with van der Waals surface area (Å²) in [6.07, 6.45) is 5.64. The van der Waals surface area contributed by atoms with Gasteiger partial charge in [0.25, 0.3) is 13.0 Å². The van der Waals surface area contributed by atoms with Crippen LogP contribution in [0.4, 0.5) is 0 Å². The summed E-state index contributed by atoms with van der Waals surface area (Å²) in [7, 11) is 0. The molecule has 8 heteroatoms. The Morgan fingerprint density at radius 1 is 0.591 bits per heavy atom. The smallest absolute Gasteiger partial charge is 0.268 e. The molecular weight excluding hydrogens is 991 g/mol. The zero-order chi connectivity index (χ0) is 43.6. The van der Waals surface area contributed by atoms with Crippen molar-refractivity contribution in [2.75, 3.05) is 0 Å². The molecule has 0 spiro atoms. The Bertz CT molecular complexity index is 3600. The number of rotatable bonds is 7. The summed E-state index contributed by atoms with van der Waals surface area (Å²) < 4.78 is 19.5. The van der Waals surface area contributed by atoms with Crippen LogP contribution >= 0.6 is 0 Å². The fraction of sp³-hybridized carbons (Fsp3) is 0.0690. The number of fused-ring (bicyclic) bond motifs is 6. The van der Waals surface area contributed by atoms with Crippen LogP contribution in [0.5, 0.6) is 23.0 Å². The van der Waals surface area contributed by atoms with Crippen LogP contribution in [0.1, 0.15) is 26.3 Å². The molecule has 0 bridgehead atoms. The van der Waals surface area contributed by atoms with Crippen molar-refractivity contribution in [3.63, 3.8) is 0 Å². The van der Waals surface area contributed by atoms with Gasteiger partial charge >= 0.3 is 0 Å². The van der Waals surface area contributed by atoms with Gasteiger partial charge in [-0.15, -0.1) is 29.7 Å². The largest absolute Gasteiger partial charge is 0.510 e. The van der Waals surface area contributed by atoms with Crippen molar-refractivity contribution in [2.45, 2.75) is 26.2 Å². The topological polar surface area (TPSA) is 45.1 Å². The summed E-state index contributed by atoms with van der Waals surface area (Å²) in [5, 5.41) is 2.21. The maximum absolute atomic E-state index is 6.63. The summed E-state index contributed by atoms with van der Waals surface area (Å²) in [5.74, 6) is 3.76. The molecule has 4 heterocycles. The predicted octanol–water partition coefficient (Wildman–Crippen LogP) is 11.2. The molecule has 1 aliphatic rings. The fourth-order valence-electron chi connectivity index (χ4n) is 9.48. The maximum atomic E-state index is 6.63. The summed E-state index contributed by atoms with van der Waals surface area (Å²) in [5.41, 5.74) is 12.7. The van der Waals surface area contributed by atoms with E-state index in [1.165, 1.54) is 11.0 Å². The van der Waals surface area contributed by atoms with Gasteiger partial charge in [0, 0.05) is 44.3 Å². The van der Waals surface area contributed by atoms with Crippen molar-refractivity contribution in [3.05, 3.63) is 218 Å². The van der Waals surface area contributed by atoms with E-state index in [2.05, 4.69) is 205 Å². The minimum Gasteiger partial charge on any atom is -0.510 e. The molecule has 0 saturated heterocycles. The molecule has 0 radical (unpaired) electrons. The van der Waals surface area contributed by atoms with Gasteiger partial charge in [0.1, 0.15) is 17.3 Å². The minimum absolute atomic E-state index is 0. The van der Waals surface area contributed by atoms with Gasteiger partial charge in [-0.2, -0.15) is 18.2 Å². The Morgan fingerprint density at radius 2 is 1.24 bits per heavy atom. The number of hydrogen-bond donors (Lipinski definition) is 0. The van der Waals surface area contributed by atoms with Gasteiger partial charge in [0.2, 0.25) is 0 Å². The Morgan fingerprint density at radius 3 is 2.03 bits per heavy atom. The summed E-state index contributed by atoms with van der Waals surface area (Å²) in [6, 6.07) is 72.5. The number of nitrogens with zero attached hydrogens (tertiary/aromatic N) is 4. The quantitative estimate of drug-likeness (QED) is 0.0908. The first kappa shape index (κ1) is 41.3. The molecule has 0 atom stereocenters. The fourth-order valence-corrected chi connectivity index (χ4v) is 9.48. The van der Waals surface area contributed by atoms with E-state index in [1.807, 2.05) is 42.6 Å². The SMILES string of the molecule is CC(C)(C)c1ccnc(-n2c3[c-]c(Oc4[c-]c(-n5[c-][n+](-c6ccccc6-c6ccccc6B6c7ccccc7Oc7ccccc76)c6ccccc65)ccc4)ccc3c3ccccc32)c1.[Pt]. The van der Waals surface area contributed by atoms with Crippen LogP contribution in [-0.4, -0.2) is 20.8 Å². The molecule has 0 amide bonds. The van der Waals surface area contributed by atoms with E-state index >= 15 is 0 Å². The predicted molar refractivity (Wildman–Crippen MR) is 262 cm³/mol. The molecule has 0 fully saturated rings. The molecule has 11 aromatic rings. The van der Waals surface area contributed by atoms with Crippen molar-refractivity contribution in [3.8, 4) is 51.3 Å². The molecule has 0 saturated carbocycles. The van der Waals surface area contributed by atoms with Crippen LogP contribution in [0.2, 0.25) is 0 Å². The number of hydrogen-bond acceptors (Lipinski definition) is 3. The summed E-state index contributed by atoms with van der Waals surface area (Å²) in [4.78, 5) is 4.85. The van der Waals surface area contributed by atoms with E-state index in [0.717, 1.165) is 83.6 Å². The first-order valence-electron chi connectivity index (χ1n) is 22.0. The van der Waals surface area contributed by atoms with Gasteiger partial charge < -0.3 is 18.6 Å². The van der Waals surface area contributed by atoms with E-state index in [0.29, 0.717) is 11.5 Å². The van der Waals surface area contributed by atoms with Gasteiger partial charge in [-0.05, 0) is 80.5 Å². The zero-order valence-electron chi connectivity index (χ0n) is 36.5. The minimum atomic E-state index is -0.0301. The molecule has 8 aromatic carbocycles. The van der Waals surface area contributed by atoms with Gasteiger partial charge in [-0.25, -0.2) is 4.98 Å². The van der Waals surface area contributed by atoms with Crippen molar-refractivity contribution in [1.29, 1.82) is 0 Å². The van der Waals surface area contributed by atoms with E-state index in [1.54, 1.807) is 0 Å². The number of ether oxygens (including phenoxy) is 2. The molecule has 0 unspecified atom stereocenters. The molecule has 0 N–H and O–H groups in total. The normalized spacial score (nSPS) is 12.1. The van der Waals surface area contributed by atoms with Crippen molar-refractivity contribution < 1.29 is 35.1 Å². The van der Waals surface area contributed by atoms with Gasteiger partial charge in [0.15, 0.2) is 0 Å². The molecule has 66 heavy (non-hydrogen) atoms. The third kappa shape index (κ3) is 7.03. The molecular formula is C58H41BN4O2Pt-2. The molecule has 1 aliphatic heterocycles. The summed E-state index contributed by atoms with van der Waals surface area (Å²) in [6.45, 7) is 6.65. The van der Waals surface area contributed by atoms with Crippen LogP contribution in [0.25, 0.3) is 61.2 Å². The number of para-hydroxylation sites is 6. The van der Waals surface area contributed by atoms with Gasteiger partial charge in [0.05, 0.1) is 16.7 Å². The van der Waals surface area contributed by atoms with Crippen LogP contribution < -0.4 is 30.4 Å². The standard InChI is InChI=1S/C58H41BN4O2.Pt/c1-58(2,3)39-33-34-60-57(35-39)63-51-26-11-6-21-45(51)46-32-31-42(37-54(46)63)64-41-18-16-17-40(36-41)61-38-62(53-28-13-12-27-52(53)61)50-25-10-5-20-44(50)43-19-4-7-22-47(43)59-48-23-8-14-29-55(48)65-56-30-15-9-24-49(56)59;/h4-35H,1-3H3;/q-2;. The van der Waals surface area contributed by atoms with E-state index in [9.17, 15) is 0 Å². The second kappa shape index (κ2) is 16.5. The van der Waals surface area contributed by atoms with Crippen LogP contribution in [0, 0.1) is 18.5 Å². The van der Waals surface area contributed by atoms with E-state index < -0.39 is 0 Å². The number of aromatic nitrogens is 4. The number of imidazole rings is 1. The zero-order valence-corrected chi connectivity index (χ0v) is 38.7. The molecule has 320 valence electrons. The van der Waals surface area contributed by atoms with Crippen molar-refractivity contribution in [2.24, 2.45) is 0 Å². The van der Waals surface area contributed by atoms with E-state index in [4.69, 9.17) is 14.5 Å². The molecule has 0 aliphatic carbocycles. The number of pyridine rings is 1. The van der Waals surface area contributed by atoms with Crippen LogP contribution in [0.15, 0.2) is 194 Å². The van der Waals surface area contributed by atoms with Gasteiger partial charge in [-0.3, -0.25) is 4.57 Å². The maximum Gasteiger partial charge on any atom is 0.268 e. The first-order chi connectivity index (χ1) is 31.9. The van der Waals surface area contributed by atoms with Crippen LogP contribution in [0.3, 0.4) is 0 Å². The molecule has 3 aromatic heterocycles. The molecule has 6 nitrogen and oxygen atoms in total. The third-order valence-electron chi connectivity index (χ3n) is 12.6. The second-order valence-electron chi connectivity index (χ2n) is 17.6. The van der Waals surface area contributed by atoms with Crippen molar-refractivity contribution in [1.82, 2.24) is 14.1 Å². The van der Waals surface area contributed by atoms with E-state index in [-0.39, 0.29) is 33.2 Å². The van der Waals surface area contributed by atoms with Crippen LogP contribution in [-0.2, 0) is 26.5 Å². The Hall–Kier alpha value is -7.47. The average molecular weight is 1030 g/mol.